The van der Waals surface area contributed by atoms with Crippen molar-refractivity contribution in [2.75, 3.05) is 38.5 Å². The lowest BCUT2D eigenvalue weighted by molar-refractivity contribution is -0.274. The van der Waals surface area contributed by atoms with Crippen molar-refractivity contribution in [3.8, 4) is 17.0 Å². The lowest BCUT2D eigenvalue weighted by atomic mass is 9.43. The number of alkyl halides is 6. The number of aromatic nitrogens is 3. The number of rotatable bonds is 6. The number of imidazole rings is 1. The number of hydrogen-bond acceptors (Lipinski definition) is 6. The Hall–Kier alpha value is -2.54. The van der Waals surface area contributed by atoms with Crippen molar-refractivity contribution in [1.82, 2.24) is 24.3 Å². The van der Waals surface area contributed by atoms with Crippen molar-refractivity contribution in [1.29, 1.82) is 0 Å². The summed E-state index contributed by atoms with van der Waals surface area (Å²) in [6, 6.07) is 1.21. The number of halogens is 6. The minimum absolute atomic E-state index is 0.0199. The van der Waals surface area contributed by atoms with Gasteiger partial charge in [-0.15, -0.1) is 13.2 Å². The van der Waals surface area contributed by atoms with Crippen LogP contribution in [0, 0.1) is 0 Å². The highest BCUT2D eigenvalue weighted by Crippen LogP contribution is 2.69. The predicted molar refractivity (Wildman–Crippen MR) is 117 cm³/mol. The zero-order valence-electron chi connectivity index (χ0n) is 19.4. The second kappa shape index (κ2) is 7.73. The van der Waals surface area contributed by atoms with Gasteiger partial charge in [-0.1, -0.05) is 0 Å². The normalized spacial score (nSPS) is 29.1. The molecule has 0 unspecified atom stereocenters. The van der Waals surface area contributed by atoms with Crippen molar-refractivity contribution in [2.24, 2.45) is 0 Å². The highest BCUT2D eigenvalue weighted by molar-refractivity contribution is 5.64. The summed E-state index contributed by atoms with van der Waals surface area (Å²) in [5.41, 5.74) is 6.41. The Morgan fingerprint density at radius 1 is 1.00 bits per heavy atom. The number of nitrogens with zero attached hydrogens (tertiary/aromatic N) is 5. The number of hydrogen-bond donors (Lipinski definition) is 1. The second-order valence-corrected chi connectivity index (χ2v) is 10.6. The van der Waals surface area contributed by atoms with Crippen LogP contribution in [0.25, 0.3) is 11.3 Å². The van der Waals surface area contributed by atoms with E-state index in [1.54, 1.807) is 0 Å². The molecule has 0 aromatic carbocycles. The molecule has 4 aliphatic carbocycles. The first kappa shape index (κ1) is 23.8. The number of pyridine rings is 1. The number of nitrogen functional groups attached to an aromatic ring is 1. The summed E-state index contributed by atoms with van der Waals surface area (Å²) in [7, 11) is 0. The van der Waals surface area contributed by atoms with E-state index in [9.17, 15) is 26.3 Å². The molecule has 7 nitrogen and oxygen atoms in total. The Morgan fingerprint density at radius 2 is 1.67 bits per heavy atom. The third kappa shape index (κ3) is 4.19. The largest absolute Gasteiger partial charge is 0.573 e. The molecule has 36 heavy (non-hydrogen) atoms. The van der Waals surface area contributed by atoms with Gasteiger partial charge in [0.2, 0.25) is 0 Å². The van der Waals surface area contributed by atoms with Crippen molar-refractivity contribution in [2.45, 2.75) is 61.6 Å². The first-order valence-electron chi connectivity index (χ1n) is 12.0. The second-order valence-electron chi connectivity index (χ2n) is 10.6. The monoisotopic (exact) mass is 516 g/mol. The Labute approximate surface area is 203 Å². The topological polar surface area (TPSA) is 72.4 Å². The van der Waals surface area contributed by atoms with Gasteiger partial charge in [0.05, 0.1) is 17.8 Å². The van der Waals surface area contributed by atoms with Gasteiger partial charge in [0.1, 0.15) is 5.82 Å². The SMILES string of the molecule is Nc1ncc(-c2cn(C34CC(N5CCN(CC(F)(F)F)CC5)(C3)C4)c(C3CC3)n2)cc1OC(F)(F)F. The molecule has 0 radical (unpaired) electrons. The Kier molecular flexibility index (Phi) is 5.12. The van der Waals surface area contributed by atoms with E-state index in [-0.39, 0.29) is 16.9 Å². The molecule has 1 saturated heterocycles. The smallest absolute Gasteiger partial charge is 0.402 e. The maximum Gasteiger partial charge on any atom is 0.573 e. The van der Waals surface area contributed by atoms with Gasteiger partial charge in [0.25, 0.3) is 0 Å². The quantitative estimate of drug-likeness (QED) is 0.583. The van der Waals surface area contributed by atoms with E-state index in [4.69, 9.17) is 10.7 Å². The van der Waals surface area contributed by atoms with Crippen molar-refractivity contribution in [3.05, 3.63) is 24.3 Å². The van der Waals surface area contributed by atoms with Crippen molar-refractivity contribution in [3.63, 3.8) is 0 Å². The zero-order chi connectivity index (χ0) is 25.5. The van der Waals surface area contributed by atoms with Crippen LogP contribution in [0.4, 0.5) is 32.2 Å². The molecular weight excluding hydrogens is 490 g/mol. The van der Waals surface area contributed by atoms with Crippen LogP contribution in [0.3, 0.4) is 0 Å². The summed E-state index contributed by atoms with van der Waals surface area (Å²) in [4.78, 5) is 12.4. The molecule has 196 valence electrons. The van der Waals surface area contributed by atoms with E-state index < -0.39 is 24.8 Å². The lowest BCUT2D eigenvalue weighted by Crippen LogP contribution is -2.80. The van der Waals surface area contributed by atoms with Crippen molar-refractivity contribution < 1.29 is 31.1 Å². The molecule has 3 heterocycles. The Balaban J connectivity index is 1.18. The van der Waals surface area contributed by atoms with Gasteiger partial charge in [-0.3, -0.25) is 9.80 Å². The highest BCUT2D eigenvalue weighted by atomic mass is 19.4. The Bertz CT molecular complexity index is 1150. The molecule has 5 fully saturated rings. The molecule has 0 amide bonds. The zero-order valence-corrected chi connectivity index (χ0v) is 19.4. The molecule has 7 rings (SSSR count). The number of nitrogens with two attached hydrogens (primary N) is 1. The molecule has 5 aliphatic rings. The predicted octanol–water partition coefficient (Wildman–Crippen LogP) is 4.11. The standard InChI is InChI=1S/C23H26F6N6O/c24-22(25,26)13-33-3-5-34(6-4-33)20-10-21(11-20,12-20)35-9-16(32-19(35)14-1-2-14)15-7-17(18(30)31-8-15)36-23(27,28)29/h7-9,14H,1-6,10-13H2,(H2,30,31). The fraction of sp³-hybridized carbons (Fsp3) is 0.652. The van der Waals surface area contributed by atoms with Crippen molar-refractivity contribution >= 4 is 5.82 Å². The van der Waals surface area contributed by atoms with Gasteiger partial charge in [0.15, 0.2) is 11.6 Å². The van der Waals surface area contributed by atoms with E-state index in [0.717, 1.165) is 37.9 Å². The summed E-state index contributed by atoms with van der Waals surface area (Å²) in [5, 5.41) is 0. The van der Waals surface area contributed by atoms with Crippen LogP contribution < -0.4 is 10.5 Å². The van der Waals surface area contributed by atoms with Gasteiger partial charge in [-0.2, -0.15) is 13.2 Å². The molecule has 2 bridgehead atoms. The first-order valence-corrected chi connectivity index (χ1v) is 12.0. The fourth-order valence-electron chi connectivity index (χ4n) is 6.25. The van der Waals surface area contributed by atoms with E-state index in [1.165, 1.54) is 17.2 Å². The number of ether oxygens (including phenoxy) is 1. The summed E-state index contributed by atoms with van der Waals surface area (Å²) in [5.74, 6) is 0.344. The maximum absolute atomic E-state index is 12.8. The van der Waals surface area contributed by atoms with Gasteiger partial charge >= 0.3 is 12.5 Å². The van der Waals surface area contributed by atoms with Crippen LogP contribution in [0.15, 0.2) is 18.5 Å². The van der Waals surface area contributed by atoms with E-state index in [1.807, 2.05) is 6.20 Å². The van der Waals surface area contributed by atoms with Crippen LogP contribution in [0.2, 0.25) is 0 Å². The molecule has 0 atom stereocenters. The third-order valence-corrected chi connectivity index (χ3v) is 8.01. The average molecular weight is 516 g/mol. The summed E-state index contributed by atoms with van der Waals surface area (Å²) in [6.45, 7) is 1.19. The first-order chi connectivity index (χ1) is 16.8. The molecule has 13 heteroatoms. The lowest BCUT2D eigenvalue weighted by Gasteiger charge is -2.75. The van der Waals surface area contributed by atoms with E-state index in [0.29, 0.717) is 43.4 Å². The van der Waals surface area contributed by atoms with Crippen LogP contribution >= 0.6 is 0 Å². The molecule has 2 aromatic heterocycles. The van der Waals surface area contributed by atoms with Crippen LogP contribution in [0.1, 0.15) is 43.8 Å². The summed E-state index contributed by atoms with van der Waals surface area (Å²) < 4.78 is 82.6. The van der Waals surface area contributed by atoms with Crippen LogP contribution in [0.5, 0.6) is 5.75 Å². The summed E-state index contributed by atoms with van der Waals surface area (Å²) >= 11 is 0. The molecular formula is C23H26F6N6O. The average Bonchev–Trinajstić information content (AvgIpc) is 3.46. The summed E-state index contributed by atoms with van der Waals surface area (Å²) in [6.07, 6.45) is -1.05. The number of piperazine rings is 1. The maximum atomic E-state index is 12.8. The van der Waals surface area contributed by atoms with Gasteiger partial charge in [-0.05, 0) is 38.2 Å². The van der Waals surface area contributed by atoms with Gasteiger partial charge < -0.3 is 15.0 Å². The Morgan fingerprint density at radius 3 is 2.25 bits per heavy atom. The van der Waals surface area contributed by atoms with Crippen LogP contribution in [-0.2, 0) is 5.54 Å². The minimum Gasteiger partial charge on any atom is -0.402 e. The minimum atomic E-state index is -4.88. The molecule has 0 spiro atoms. The number of anilines is 1. The third-order valence-electron chi connectivity index (χ3n) is 8.01. The molecule has 1 aliphatic heterocycles. The fourth-order valence-corrected chi connectivity index (χ4v) is 6.25. The highest BCUT2D eigenvalue weighted by Gasteiger charge is 2.71. The molecule has 2 N–H and O–H groups in total. The molecule has 2 aromatic rings. The van der Waals surface area contributed by atoms with Crippen LogP contribution in [-0.4, -0.2) is 75.1 Å². The molecule has 4 saturated carbocycles. The van der Waals surface area contributed by atoms with E-state index >= 15 is 0 Å². The van der Waals surface area contributed by atoms with Gasteiger partial charge in [0, 0.05) is 55.6 Å². The van der Waals surface area contributed by atoms with E-state index in [2.05, 4.69) is 19.2 Å². The van der Waals surface area contributed by atoms with Gasteiger partial charge in [-0.25, -0.2) is 9.97 Å².